The zero-order valence-corrected chi connectivity index (χ0v) is 25.1. The molecule has 0 spiro atoms. The largest absolute Gasteiger partial charge is 0.466 e. The molecule has 1 aliphatic heterocycles. The number of carbonyl (C=O) groups is 4. The molecule has 3 saturated carbocycles. The normalized spacial score (nSPS) is 42.0. The van der Waals surface area contributed by atoms with E-state index in [-0.39, 0.29) is 54.5 Å². The van der Waals surface area contributed by atoms with Crippen LogP contribution in [0.15, 0.2) is 11.6 Å². The average Bonchev–Trinajstić information content (AvgIpc) is 3.21. The molecule has 0 aromatic carbocycles. The Labute approximate surface area is 238 Å². The van der Waals surface area contributed by atoms with Gasteiger partial charge in [0, 0.05) is 32.4 Å². The van der Waals surface area contributed by atoms with E-state index in [1.54, 1.807) is 13.8 Å². The fraction of sp³-hybridized carbons (Fsp3) is 0.812. The van der Waals surface area contributed by atoms with Crippen molar-refractivity contribution in [2.45, 2.75) is 85.6 Å². The second-order valence-electron chi connectivity index (χ2n) is 13.4. The Morgan fingerprint density at radius 3 is 2.27 bits per heavy atom. The Balaban J connectivity index is 1.53. The zero-order chi connectivity index (χ0) is 29.0. The number of nitrogens with zero attached hydrogens (tertiary/aromatic N) is 1. The minimum absolute atomic E-state index is 0.0395. The summed E-state index contributed by atoms with van der Waals surface area (Å²) in [6.07, 6.45) is 8.77. The molecule has 222 valence electrons. The highest BCUT2D eigenvalue weighted by atomic mass is 16.5. The number of hydrogen-bond acceptors (Lipinski definition) is 7. The quantitative estimate of drug-likeness (QED) is 0.268. The van der Waals surface area contributed by atoms with E-state index in [1.165, 1.54) is 12.5 Å². The van der Waals surface area contributed by atoms with Crippen LogP contribution >= 0.6 is 0 Å². The van der Waals surface area contributed by atoms with Gasteiger partial charge in [-0.05, 0) is 86.9 Å². The third-order valence-electron chi connectivity index (χ3n) is 11.8. The number of piperidine rings is 1. The van der Waals surface area contributed by atoms with Gasteiger partial charge in [0.2, 0.25) is 5.91 Å². The topological polar surface area (TPSA) is 99.2 Å². The number of fused-ring (bicyclic) bond motifs is 7. The van der Waals surface area contributed by atoms with Crippen molar-refractivity contribution in [3.05, 3.63) is 11.6 Å². The van der Waals surface area contributed by atoms with Gasteiger partial charge in [-0.15, -0.1) is 0 Å². The molecule has 1 saturated heterocycles. The summed E-state index contributed by atoms with van der Waals surface area (Å²) in [7, 11) is 1.98. The molecule has 4 fully saturated rings. The second kappa shape index (κ2) is 10.8. The molecule has 0 bridgehead atoms. The molecule has 8 nitrogen and oxygen atoms in total. The van der Waals surface area contributed by atoms with Crippen molar-refractivity contribution < 1.29 is 33.4 Å². The van der Waals surface area contributed by atoms with Gasteiger partial charge in [0.15, 0.2) is 0 Å². The van der Waals surface area contributed by atoms with Crippen molar-refractivity contribution in [1.29, 1.82) is 0 Å². The molecular weight excluding hydrogens is 510 g/mol. The lowest BCUT2D eigenvalue weighted by Gasteiger charge is -2.61. The predicted octanol–water partition coefficient (Wildman–Crippen LogP) is 4.55. The fourth-order valence-electron chi connectivity index (χ4n) is 10.1. The van der Waals surface area contributed by atoms with Gasteiger partial charge in [0.25, 0.3) is 0 Å². The first-order valence-corrected chi connectivity index (χ1v) is 15.4. The number of likely N-dealkylation sites (tertiary alicyclic amines) is 1. The molecule has 5 aliphatic rings. The van der Waals surface area contributed by atoms with Crippen molar-refractivity contribution in [3.8, 4) is 0 Å². The number of rotatable bonds is 6. The standard InChI is InChI=1S/C32H47NO7/c1-7-38-29(36)27-19(17-40-18(3)34)15-23-21(28(27)30(37)39-8-2)16-24-20-9-10-25-32(5,14-12-26(35)33(25)6)22(20)11-13-31(23,24)4/h15,19-22,24-25,27-28H,7-14,16-17H2,1-6H3/t19-,20-,21-,22+,24+,25-,27+,28+,31-,32-/m1/s1. The highest BCUT2D eigenvalue weighted by Crippen LogP contribution is 2.69. The van der Waals surface area contributed by atoms with Gasteiger partial charge in [0.05, 0.1) is 31.7 Å². The van der Waals surface area contributed by atoms with E-state index in [9.17, 15) is 19.2 Å². The van der Waals surface area contributed by atoms with Crippen molar-refractivity contribution in [3.63, 3.8) is 0 Å². The SMILES string of the molecule is CCOC(=O)[C@@H]1[C@@H](C(=O)OCC)[C@@H]2C[C@H]3[C@@H]4CC[C@H]5N(C)C(=O)CC[C@]5(C)[C@H]4CC[C@]3(C)C2=C[C@@H]1COC(C)=O. The summed E-state index contributed by atoms with van der Waals surface area (Å²) in [5.74, 6) is -1.46. The maximum Gasteiger partial charge on any atom is 0.310 e. The highest BCUT2D eigenvalue weighted by Gasteiger charge is 2.65. The molecule has 8 heteroatoms. The Bertz CT molecular complexity index is 1090. The lowest BCUT2D eigenvalue weighted by atomic mass is 9.47. The van der Waals surface area contributed by atoms with Crippen LogP contribution in [0.25, 0.3) is 0 Å². The third kappa shape index (κ3) is 4.48. The van der Waals surface area contributed by atoms with Crippen LogP contribution in [0.5, 0.6) is 0 Å². The van der Waals surface area contributed by atoms with E-state index in [0.717, 1.165) is 38.5 Å². The Morgan fingerprint density at radius 2 is 1.62 bits per heavy atom. The van der Waals surface area contributed by atoms with Crippen LogP contribution in [0.4, 0.5) is 0 Å². The first kappa shape index (κ1) is 29.1. The second-order valence-corrected chi connectivity index (χ2v) is 13.4. The van der Waals surface area contributed by atoms with E-state index >= 15 is 0 Å². The van der Waals surface area contributed by atoms with Crippen LogP contribution in [0.1, 0.15) is 79.6 Å². The molecular formula is C32H47NO7. The maximum absolute atomic E-state index is 13.6. The van der Waals surface area contributed by atoms with E-state index in [2.05, 4.69) is 19.9 Å². The van der Waals surface area contributed by atoms with Crippen molar-refractivity contribution >= 4 is 23.8 Å². The molecule has 0 aromatic rings. The van der Waals surface area contributed by atoms with Gasteiger partial charge in [-0.25, -0.2) is 0 Å². The van der Waals surface area contributed by atoms with Gasteiger partial charge in [-0.3, -0.25) is 19.2 Å². The Kier molecular flexibility index (Phi) is 7.86. The summed E-state index contributed by atoms with van der Waals surface area (Å²) in [6.45, 7) is 10.2. The van der Waals surface area contributed by atoms with Gasteiger partial charge >= 0.3 is 17.9 Å². The fourth-order valence-corrected chi connectivity index (χ4v) is 10.1. The first-order chi connectivity index (χ1) is 19.0. The Morgan fingerprint density at radius 1 is 0.950 bits per heavy atom. The molecule has 10 atom stereocenters. The molecule has 5 rings (SSSR count). The van der Waals surface area contributed by atoms with Gasteiger partial charge in [-0.1, -0.05) is 25.5 Å². The number of hydrogen-bond donors (Lipinski definition) is 0. The number of ether oxygens (including phenoxy) is 3. The minimum atomic E-state index is -0.752. The number of allylic oxidation sites excluding steroid dienone is 1. The molecule has 0 aromatic heterocycles. The number of amides is 1. The van der Waals surface area contributed by atoms with Gasteiger partial charge in [0.1, 0.15) is 0 Å². The lowest BCUT2D eigenvalue weighted by molar-refractivity contribution is -0.166. The zero-order valence-electron chi connectivity index (χ0n) is 25.1. The summed E-state index contributed by atoms with van der Waals surface area (Å²) < 4.78 is 16.5. The van der Waals surface area contributed by atoms with Gasteiger partial charge in [-0.2, -0.15) is 0 Å². The van der Waals surface area contributed by atoms with Crippen LogP contribution in [0, 0.1) is 52.3 Å². The first-order valence-electron chi connectivity index (χ1n) is 15.4. The van der Waals surface area contributed by atoms with Crippen molar-refractivity contribution in [2.75, 3.05) is 26.9 Å². The van der Waals surface area contributed by atoms with Crippen molar-refractivity contribution in [2.24, 2.45) is 52.3 Å². The third-order valence-corrected chi connectivity index (χ3v) is 11.8. The van der Waals surface area contributed by atoms with Crippen molar-refractivity contribution in [1.82, 2.24) is 4.90 Å². The highest BCUT2D eigenvalue weighted by molar-refractivity contribution is 5.84. The van der Waals surface area contributed by atoms with Crippen LogP contribution in [0.3, 0.4) is 0 Å². The molecule has 1 heterocycles. The lowest BCUT2D eigenvalue weighted by Crippen LogP contribution is -2.61. The van der Waals surface area contributed by atoms with E-state index < -0.39 is 29.7 Å². The summed E-state index contributed by atoms with van der Waals surface area (Å²) in [4.78, 5) is 53.4. The smallest absolute Gasteiger partial charge is 0.310 e. The summed E-state index contributed by atoms with van der Waals surface area (Å²) in [5.41, 5.74) is 1.25. The molecule has 0 N–H and O–H groups in total. The predicted molar refractivity (Wildman–Crippen MR) is 148 cm³/mol. The average molecular weight is 558 g/mol. The van der Waals surface area contributed by atoms with E-state index in [1.807, 2.05) is 11.9 Å². The number of carbonyl (C=O) groups excluding carboxylic acids is 4. The van der Waals surface area contributed by atoms with Gasteiger partial charge < -0.3 is 19.1 Å². The van der Waals surface area contributed by atoms with E-state index in [0.29, 0.717) is 24.2 Å². The van der Waals surface area contributed by atoms with Crippen LogP contribution in [-0.4, -0.2) is 61.6 Å². The van der Waals surface area contributed by atoms with E-state index in [4.69, 9.17) is 14.2 Å². The van der Waals surface area contributed by atoms with Crippen LogP contribution < -0.4 is 0 Å². The summed E-state index contributed by atoms with van der Waals surface area (Å²) in [6, 6.07) is 0.288. The molecule has 0 unspecified atom stereocenters. The minimum Gasteiger partial charge on any atom is -0.466 e. The molecule has 0 radical (unpaired) electrons. The molecule has 4 aliphatic carbocycles. The summed E-state index contributed by atoms with van der Waals surface area (Å²) >= 11 is 0. The Hall–Kier alpha value is -2.38. The van der Waals surface area contributed by atoms with Crippen LogP contribution in [-0.2, 0) is 33.4 Å². The molecule has 1 amide bonds. The number of esters is 3. The maximum atomic E-state index is 13.6. The summed E-state index contributed by atoms with van der Waals surface area (Å²) in [5, 5.41) is 0. The monoisotopic (exact) mass is 557 g/mol. The molecule has 40 heavy (non-hydrogen) atoms. The van der Waals surface area contributed by atoms with Crippen LogP contribution in [0.2, 0.25) is 0 Å².